The molecule has 0 spiro atoms. The molecule has 1 aromatic carbocycles. The van der Waals surface area contributed by atoms with Crippen LogP contribution in [0.2, 0.25) is 0 Å². The Morgan fingerprint density at radius 1 is 1.10 bits per heavy atom. The summed E-state index contributed by atoms with van der Waals surface area (Å²) < 4.78 is 1.88. The smallest absolute Gasteiger partial charge is 0.130 e. The molecule has 0 fully saturated rings. The Balaban J connectivity index is 2.42. The highest BCUT2D eigenvalue weighted by molar-refractivity contribution is 5.51. The van der Waals surface area contributed by atoms with Gasteiger partial charge in [0, 0.05) is 5.56 Å². The van der Waals surface area contributed by atoms with Crippen LogP contribution >= 0.6 is 0 Å². The number of nitrogens with zero attached hydrogens (tertiary/aromatic N) is 2. The molecule has 0 amide bonds. The molecule has 1 aromatic heterocycles. The summed E-state index contributed by atoms with van der Waals surface area (Å²) in [5.41, 5.74) is 9.73. The lowest BCUT2D eigenvalue weighted by molar-refractivity contribution is 0.576. The molecule has 20 heavy (non-hydrogen) atoms. The van der Waals surface area contributed by atoms with E-state index in [4.69, 9.17) is 10.8 Å². The fraction of sp³-hybridized carbons (Fsp3) is 0.471. The first-order valence-corrected chi connectivity index (χ1v) is 7.43. The third kappa shape index (κ3) is 3.03. The molecule has 0 saturated heterocycles. The standard InChI is InChI=1S/C17H25N3/c1-12(2)10-11-15-16(13(3)4)17(18)20(19-15)14-8-6-5-7-9-14/h5-9,12-13H,10-11,18H2,1-4H3. The minimum absolute atomic E-state index is 0.398. The van der Waals surface area contributed by atoms with Gasteiger partial charge in [-0.1, -0.05) is 45.9 Å². The molecular formula is C17H25N3. The molecular weight excluding hydrogens is 246 g/mol. The lowest BCUT2D eigenvalue weighted by Gasteiger charge is -2.08. The van der Waals surface area contributed by atoms with Crippen molar-refractivity contribution in [3.8, 4) is 5.69 Å². The number of anilines is 1. The van der Waals surface area contributed by atoms with Crippen molar-refractivity contribution in [2.45, 2.75) is 46.5 Å². The van der Waals surface area contributed by atoms with Crippen molar-refractivity contribution in [3.63, 3.8) is 0 Å². The second-order valence-electron chi connectivity index (χ2n) is 6.08. The zero-order valence-electron chi connectivity index (χ0n) is 12.9. The van der Waals surface area contributed by atoms with E-state index in [1.165, 1.54) is 5.56 Å². The van der Waals surface area contributed by atoms with E-state index in [1.54, 1.807) is 0 Å². The van der Waals surface area contributed by atoms with E-state index in [-0.39, 0.29) is 0 Å². The van der Waals surface area contributed by atoms with Gasteiger partial charge in [0.05, 0.1) is 11.4 Å². The predicted octanol–water partition coefficient (Wildman–Crippen LogP) is 4.17. The molecule has 0 atom stereocenters. The quantitative estimate of drug-likeness (QED) is 0.887. The number of hydrogen-bond acceptors (Lipinski definition) is 2. The Bertz CT molecular complexity index is 553. The topological polar surface area (TPSA) is 43.8 Å². The van der Waals surface area contributed by atoms with Crippen LogP contribution in [0.25, 0.3) is 5.69 Å². The van der Waals surface area contributed by atoms with Crippen LogP contribution in [0.1, 0.15) is 51.3 Å². The number of para-hydroxylation sites is 1. The summed E-state index contributed by atoms with van der Waals surface area (Å²) in [7, 11) is 0. The minimum Gasteiger partial charge on any atom is -0.383 e. The van der Waals surface area contributed by atoms with Gasteiger partial charge in [-0.15, -0.1) is 0 Å². The number of aromatic nitrogens is 2. The van der Waals surface area contributed by atoms with Gasteiger partial charge in [-0.25, -0.2) is 4.68 Å². The third-order valence-corrected chi connectivity index (χ3v) is 3.57. The molecule has 0 radical (unpaired) electrons. The third-order valence-electron chi connectivity index (χ3n) is 3.57. The molecule has 2 aromatic rings. The summed E-state index contributed by atoms with van der Waals surface area (Å²) >= 11 is 0. The molecule has 0 unspecified atom stereocenters. The average Bonchev–Trinajstić information content (AvgIpc) is 2.74. The molecule has 0 bridgehead atoms. The van der Waals surface area contributed by atoms with Crippen molar-refractivity contribution < 1.29 is 0 Å². The van der Waals surface area contributed by atoms with Crippen molar-refractivity contribution in [3.05, 3.63) is 41.6 Å². The van der Waals surface area contributed by atoms with Crippen molar-refractivity contribution in [2.75, 3.05) is 5.73 Å². The number of hydrogen-bond donors (Lipinski definition) is 1. The van der Waals surface area contributed by atoms with E-state index >= 15 is 0 Å². The van der Waals surface area contributed by atoms with Gasteiger partial charge in [-0.05, 0) is 36.8 Å². The SMILES string of the molecule is CC(C)CCc1nn(-c2ccccc2)c(N)c1C(C)C. The van der Waals surface area contributed by atoms with Gasteiger partial charge < -0.3 is 5.73 Å². The number of rotatable bonds is 5. The lowest BCUT2D eigenvalue weighted by atomic mass is 9.98. The number of nitrogens with two attached hydrogens (primary N) is 1. The highest BCUT2D eigenvalue weighted by atomic mass is 15.3. The molecule has 3 nitrogen and oxygen atoms in total. The second-order valence-corrected chi connectivity index (χ2v) is 6.08. The van der Waals surface area contributed by atoms with Gasteiger partial charge in [0.25, 0.3) is 0 Å². The summed E-state index contributed by atoms with van der Waals surface area (Å²) in [5.74, 6) is 1.86. The maximum Gasteiger partial charge on any atom is 0.130 e. The van der Waals surface area contributed by atoms with E-state index in [1.807, 2.05) is 35.0 Å². The Morgan fingerprint density at radius 2 is 1.75 bits per heavy atom. The van der Waals surface area contributed by atoms with Crippen LogP contribution < -0.4 is 5.73 Å². The van der Waals surface area contributed by atoms with Crippen LogP contribution in [0.4, 0.5) is 5.82 Å². The molecule has 1 heterocycles. The fourth-order valence-electron chi connectivity index (χ4n) is 2.50. The molecule has 0 aliphatic heterocycles. The second kappa shape index (κ2) is 6.12. The van der Waals surface area contributed by atoms with Crippen LogP contribution in [-0.4, -0.2) is 9.78 Å². The number of aryl methyl sites for hydroxylation is 1. The monoisotopic (exact) mass is 271 g/mol. The molecule has 0 aliphatic rings. The Kier molecular flexibility index (Phi) is 4.48. The normalized spacial score (nSPS) is 11.5. The maximum absolute atomic E-state index is 6.34. The number of nitrogen functional groups attached to an aromatic ring is 1. The van der Waals surface area contributed by atoms with E-state index in [9.17, 15) is 0 Å². The Hall–Kier alpha value is -1.77. The summed E-state index contributed by atoms with van der Waals surface area (Å²) in [4.78, 5) is 0. The molecule has 108 valence electrons. The summed E-state index contributed by atoms with van der Waals surface area (Å²) in [6.45, 7) is 8.85. The van der Waals surface area contributed by atoms with Crippen molar-refractivity contribution in [2.24, 2.45) is 5.92 Å². The van der Waals surface area contributed by atoms with Crippen LogP contribution in [0.3, 0.4) is 0 Å². The highest BCUT2D eigenvalue weighted by Crippen LogP contribution is 2.29. The van der Waals surface area contributed by atoms with E-state index in [2.05, 4.69) is 27.7 Å². The van der Waals surface area contributed by atoms with Crippen LogP contribution in [0, 0.1) is 5.92 Å². The summed E-state index contributed by atoms with van der Waals surface area (Å²) in [6, 6.07) is 10.1. The van der Waals surface area contributed by atoms with Gasteiger partial charge in [-0.2, -0.15) is 5.10 Å². The molecule has 0 saturated carbocycles. The Labute approximate surface area is 121 Å². The van der Waals surface area contributed by atoms with Gasteiger partial charge >= 0.3 is 0 Å². The molecule has 3 heteroatoms. The Morgan fingerprint density at radius 3 is 2.30 bits per heavy atom. The average molecular weight is 271 g/mol. The van der Waals surface area contributed by atoms with E-state index < -0.39 is 0 Å². The first-order valence-electron chi connectivity index (χ1n) is 7.43. The van der Waals surface area contributed by atoms with Crippen LogP contribution in [-0.2, 0) is 6.42 Å². The highest BCUT2D eigenvalue weighted by Gasteiger charge is 2.19. The zero-order valence-corrected chi connectivity index (χ0v) is 12.9. The zero-order chi connectivity index (χ0) is 14.7. The van der Waals surface area contributed by atoms with Gasteiger partial charge in [0.15, 0.2) is 0 Å². The first kappa shape index (κ1) is 14.6. The summed E-state index contributed by atoms with van der Waals surface area (Å²) in [5, 5.41) is 4.76. The molecule has 2 rings (SSSR count). The minimum atomic E-state index is 0.398. The van der Waals surface area contributed by atoms with Crippen molar-refractivity contribution in [1.29, 1.82) is 0 Å². The van der Waals surface area contributed by atoms with Gasteiger partial charge in [0.1, 0.15) is 5.82 Å². The van der Waals surface area contributed by atoms with Crippen LogP contribution in [0.15, 0.2) is 30.3 Å². The molecule has 0 aliphatic carbocycles. The van der Waals surface area contributed by atoms with Crippen molar-refractivity contribution >= 4 is 5.82 Å². The predicted molar refractivity (Wildman–Crippen MR) is 85.2 cm³/mol. The van der Waals surface area contributed by atoms with Gasteiger partial charge in [-0.3, -0.25) is 0 Å². The largest absolute Gasteiger partial charge is 0.383 e. The first-order chi connectivity index (χ1) is 9.50. The van der Waals surface area contributed by atoms with Crippen molar-refractivity contribution in [1.82, 2.24) is 9.78 Å². The fourth-order valence-corrected chi connectivity index (χ4v) is 2.50. The number of benzene rings is 1. The van der Waals surface area contributed by atoms with E-state index in [0.717, 1.165) is 30.0 Å². The lowest BCUT2D eigenvalue weighted by Crippen LogP contribution is -2.03. The van der Waals surface area contributed by atoms with Gasteiger partial charge in [0.2, 0.25) is 0 Å². The van der Waals surface area contributed by atoms with E-state index in [0.29, 0.717) is 11.8 Å². The summed E-state index contributed by atoms with van der Waals surface area (Å²) in [6.07, 6.45) is 2.14. The molecule has 2 N–H and O–H groups in total. The van der Waals surface area contributed by atoms with Crippen LogP contribution in [0.5, 0.6) is 0 Å². The maximum atomic E-state index is 6.34.